The van der Waals surface area contributed by atoms with Crippen molar-refractivity contribution in [1.29, 1.82) is 0 Å². The van der Waals surface area contributed by atoms with Crippen molar-refractivity contribution in [3.8, 4) is 0 Å². The number of hydrogen-bond acceptors (Lipinski definition) is 8. The quantitative estimate of drug-likeness (QED) is 0.134. The van der Waals surface area contributed by atoms with Crippen LogP contribution in [0.15, 0.2) is 25.3 Å². The molecule has 3 N–H and O–H groups in total. The van der Waals surface area contributed by atoms with E-state index in [1.807, 2.05) is 0 Å². The normalized spacial score (nSPS) is 23.1. The van der Waals surface area contributed by atoms with Gasteiger partial charge in [-0.3, -0.25) is 24.0 Å². The Morgan fingerprint density at radius 2 is 1.60 bits per heavy atom. The molecule has 0 spiro atoms. The molecule has 0 aromatic carbocycles. The number of fused-ring (bicyclic) bond motifs is 1. The fourth-order valence-corrected chi connectivity index (χ4v) is 7.00. The maximum atomic E-state index is 14.3. The molecular formula is C36H56N4O8. The summed E-state index contributed by atoms with van der Waals surface area (Å²) in [4.78, 5) is 81.1. The maximum Gasteiger partial charge on any atom is 0.408 e. The van der Waals surface area contributed by atoms with Gasteiger partial charge >= 0.3 is 12.1 Å². The number of nitrogens with one attached hydrogen (secondary N) is 3. The van der Waals surface area contributed by atoms with Crippen molar-refractivity contribution in [3.05, 3.63) is 25.3 Å². The number of ketones is 1. The van der Waals surface area contributed by atoms with Crippen LogP contribution in [0.4, 0.5) is 4.79 Å². The van der Waals surface area contributed by atoms with Crippen molar-refractivity contribution in [1.82, 2.24) is 20.9 Å². The zero-order valence-electron chi connectivity index (χ0n) is 29.8. The number of carbonyl (C=O) groups is 6. The topological polar surface area (TPSA) is 160 Å². The van der Waals surface area contributed by atoms with Crippen molar-refractivity contribution in [3.63, 3.8) is 0 Å². The lowest BCUT2D eigenvalue weighted by Crippen LogP contribution is -2.59. The second-order valence-electron chi connectivity index (χ2n) is 15.5. The molecule has 0 bridgehead atoms. The fraction of sp³-hybridized carbons (Fsp3) is 0.722. The highest BCUT2D eigenvalue weighted by atomic mass is 16.6. The van der Waals surface area contributed by atoms with E-state index >= 15 is 0 Å². The average molecular weight is 673 g/mol. The third-order valence-electron chi connectivity index (χ3n) is 9.82. The van der Waals surface area contributed by atoms with Crippen LogP contribution in [0.3, 0.4) is 0 Å². The largest absolute Gasteiger partial charge is 0.455 e. The van der Waals surface area contributed by atoms with E-state index in [0.717, 1.165) is 32.1 Å². The van der Waals surface area contributed by atoms with Crippen LogP contribution < -0.4 is 16.0 Å². The van der Waals surface area contributed by atoms with Gasteiger partial charge in [0.15, 0.2) is 0 Å². The minimum atomic E-state index is -1.17. The molecule has 1 aliphatic heterocycles. The minimum absolute atomic E-state index is 0.0715. The SMILES string of the molecule is C=CCCC(NC(=O)C1C2C(CN1C(=O)C(NC(=O)OC(C)(C)C)C1CCCCC1)C2(C)C)C(=O)C(=O)NCCC(=O)OC(C)(C)C=C. The number of carbonyl (C=O) groups excluding carboxylic acids is 6. The van der Waals surface area contributed by atoms with Crippen LogP contribution in [0.25, 0.3) is 0 Å². The monoisotopic (exact) mass is 672 g/mol. The molecule has 5 atom stereocenters. The highest BCUT2D eigenvalue weighted by molar-refractivity contribution is 6.38. The Balaban J connectivity index is 1.76. The fourth-order valence-electron chi connectivity index (χ4n) is 7.00. The molecule has 12 heteroatoms. The average Bonchev–Trinajstić information content (AvgIpc) is 3.32. The standard InChI is InChI=1S/C36H56N4O8/c1-10-12-18-24(29(42)31(44)37-20-19-25(41)47-35(6,7)11-2)38-30(43)28-26-23(36(26,8)9)21-40(28)32(45)27(22-16-14-13-15-17-22)39-33(46)48-34(3,4)5/h10-11,22-24,26-28H,1-2,12-21H2,3-9H3,(H,37,44)(H,38,43)(H,39,46). The van der Waals surface area contributed by atoms with Crippen LogP contribution in [0.2, 0.25) is 0 Å². The maximum absolute atomic E-state index is 14.3. The number of likely N-dealkylation sites (tertiary alicyclic amines) is 1. The molecule has 2 saturated carbocycles. The Morgan fingerprint density at radius 3 is 2.19 bits per heavy atom. The number of ether oxygens (including phenoxy) is 2. The molecule has 268 valence electrons. The summed E-state index contributed by atoms with van der Waals surface area (Å²) >= 11 is 0. The van der Waals surface area contributed by atoms with Gasteiger partial charge in [0, 0.05) is 13.1 Å². The Hall–Kier alpha value is -3.70. The van der Waals surface area contributed by atoms with Crippen molar-refractivity contribution in [2.45, 2.75) is 129 Å². The highest BCUT2D eigenvalue weighted by Crippen LogP contribution is 2.65. The minimum Gasteiger partial charge on any atom is -0.455 e. The number of piperidine rings is 1. The lowest BCUT2D eigenvalue weighted by molar-refractivity contribution is -0.152. The summed E-state index contributed by atoms with van der Waals surface area (Å²) in [5.74, 6) is -3.41. The molecular weight excluding hydrogens is 616 g/mol. The Labute approximate surface area is 285 Å². The van der Waals surface area contributed by atoms with Gasteiger partial charge in [0.25, 0.3) is 5.91 Å². The van der Waals surface area contributed by atoms with E-state index in [0.29, 0.717) is 13.0 Å². The van der Waals surface area contributed by atoms with Gasteiger partial charge in [-0.1, -0.05) is 45.8 Å². The molecule has 0 aromatic heterocycles. The summed E-state index contributed by atoms with van der Waals surface area (Å²) in [5, 5.41) is 8.06. The van der Waals surface area contributed by atoms with Crippen molar-refractivity contribution >= 4 is 35.6 Å². The molecule has 0 aromatic rings. The summed E-state index contributed by atoms with van der Waals surface area (Å²) in [6, 6.07) is -2.91. The molecule has 0 radical (unpaired) electrons. The smallest absolute Gasteiger partial charge is 0.408 e. The van der Waals surface area contributed by atoms with E-state index in [2.05, 4.69) is 43.0 Å². The van der Waals surface area contributed by atoms with Crippen LogP contribution in [0.1, 0.15) is 99.8 Å². The molecule has 4 amide bonds. The molecule has 2 aliphatic carbocycles. The first kappa shape index (κ1) is 38.7. The van der Waals surface area contributed by atoms with E-state index in [1.165, 1.54) is 6.08 Å². The van der Waals surface area contributed by atoms with Gasteiger partial charge in [0.1, 0.15) is 23.3 Å². The Kier molecular flexibility index (Phi) is 12.7. The number of amides is 4. The van der Waals surface area contributed by atoms with Crippen LogP contribution in [-0.2, 0) is 33.4 Å². The zero-order chi connectivity index (χ0) is 36.0. The van der Waals surface area contributed by atoms with E-state index in [9.17, 15) is 28.8 Å². The first-order valence-corrected chi connectivity index (χ1v) is 17.2. The lowest BCUT2D eigenvalue weighted by atomic mass is 9.83. The first-order valence-electron chi connectivity index (χ1n) is 17.2. The molecule has 12 nitrogen and oxygen atoms in total. The molecule has 48 heavy (non-hydrogen) atoms. The second kappa shape index (κ2) is 15.7. The molecule has 5 unspecified atom stereocenters. The highest BCUT2D eigenvalue weighted by Gasteiger charge is 2.69. The zero-order valence-corrected chi connectivity index (χ0v) is 29.8. The molecule has 3 fully saturated rings. The van der Waals surface area contributed by atoms with Crippen molar-refractivity contribution in [2.75, 3.05) is 13.1 Å². The van der Waals surface area contributed by atoms with Gasteiger partial charge in [0.2, 0.25) is 17.6 Å². The Morgan fingerprint density at radius 1 is 0.958 bits per heavy atom. The number of nitrogens with zero attached hydrogens (tertiary/aromatic N) is 1. The summed E-state index contributed by atoms with van der Waals surface area (Å²) in [7, 11) is 0. The number of allylic oxidation sites excluding steroid dienone is 1. The van der Waals surface area contributed by atoms with E-state index in [1.54, 1.807) is 45.6 Å². The molecule has 1 heterocycles. The van der Waals surface area contributed by atoms with E-state index < -0.39 is 59.0 Å². The van der Waals surface area contributed by atoms with E-state index in [4.69, 9.17) is 9.47 Å². The first-order chi connectivity index (χ1) is 22.3. The third kappa shape index (κ3) is 9.92. The predicted octanol–water partition coefficient (Wildman–Crippen LogP) is 3.98. The number of Topliss-reactive ketones (excluding diaryl/α,β-unsaturated/α-hetero) is 1. The lowest BCUT2D eigenvalue weighted by Gasteiger charge is -2.37. The van der Waals surface area contributed by atoms with Crippen LogP contribution in [-0.4, -0.2) is 82.9 Å². The summed E-state index contributed by atoms with van der Waals surface area (Å²) < 4.78 is 10.8. The number of hydrogen-bond donors (Lipinski definition) is 3. The molecule has 1 saturated heterocycles. The number of esters is 1. The summed E-state index contributed by atoms with van der Waals surface area (Å²) in [5.41, 5.74) is -1.83. The van der Waals surface area contributed by atoms with Gasteiger partial charge in [-0.2, -0.15) is 0 Å². The van der Waals surface area contributed by atoms with Crippen LogP contribution in [0, 0.1) is 23.2 Å². The van der Waals surface area contributed by atoms with Crippen LogP contribution in [0.5, 0.6) is 0 Å². The number of alkyl carbamates (subject to hydrolysis) is 1. The molecule has 3 rings (SSSR count). The second-order valence-corrected chi connectivity index (χ2v) is 15.5. The summed E-state index contributed by atoms with van der Waals surface area (Å²) in [6.45, 7) is 20.2. The van der Waals surface area contributed by atoms with Gasteiger partial charge in [-0.05, 0) is 89.5 Å². The molecule has 3 aliphatic rings. The Bertz CT molecular complexity index is 1260. The van der Waals surface area contributed by atoms with Crippen molar-refractivity contribution in [2.24, 2.45) is 23.2 Å². The van der Waals surface area contributed by atoms with Gasteiger partial charge in [0.05, 0.1) is 12.5 Å². The van der Waals surface area contributed by atoms with Crippen LogP contribution >= 0.6 is 0 Å². The van der Waals surface area contributed by atoms with Gasteiger partial charge in [-0.15, -0.1) is 6.58 Å². The number of rotatable bonds is 15. The van der Waals surface area contributed by atoms with Crippen molar-refractivity contribution < 1.29 is 38.2 Å². The van der Waals surface area contributed by atoms with Gasteiger partial charge in [-0.25, -0.2) is 4.79 Å². The third-order valence-corrected chi connectivity index (χ3v) is 9.82. The predicted molar refractivity (Wildman–Crippen MR) is 180 cm³/mol. The van der Waals surface area contributed by atoms with Gasteiger partial charge < -0.3 is 30.3 Å². The summed E-state index contributed by atoms with van der Waals surface area (Å²) in [6.07, 6.45) is 7.18. The van der Waals surface area contributed by atoms with E-state index in [-0.39, 0.29) is 48.5 Å².